The van der Waals surface area contributed by atoms with Crippen molar-refractivity contribution >= 4 is 58.1 Å². The fourth-order valence-corrected chi connectivity index (χ4v) is 5.67. The molecule has 0 aliphatic carbocycles. The summed E-state index contributed by atoms with van der Waals surface area (Å²) in [6.45, 7) is 5.59. The average Bonchev–Trinajstić information content (AvgIpc) is 3.01. The Morgan fingerprint density at radius 3 is 1.42 bits per heavy atom. The van der Waals surface area contributed by atoms with E-state index in [9.17, 15) is 9.59 Å². The number of primary amides is 1. The molecule has 2 fully saturated rings. The van der Waals surface area contributed by atoms with Crippen LogP contribution in [0.25, 0.3) is 0 Å². The molecule has 3 aromatic rings. The van der Waals surface area contributed by atoms with Crippen molar-refractivity contribution in [1.29, 1.82) is 10.8 Å². The van der Waals surface area contributed by atoms with Crippen molar-refractivity contribution in [3.63, 3.8) is 0 Å². The lowest BCUT2D eigenvalue weighted by atomic mass is 10.1. The summed E-state index contributed by atoms with van der Waals surface area (Å²) >= 11 is 6.31. The molecule has 0 unspecified atom stereocenters. The second kappa shape index (κ2) is 12.5. The Kier molecular flexibility index (Phi) is 8.58. The highest BCUT2D eigenvalue weighted by Gasteiger charge is 2.24. The number of anilines is 4. The minimum atomic E-state index is -0.666. The van der Waals surface area contributed by atoms with E-state index in [1.165, 1.54) is 12.1 Å². The van der Waals surface area contributed by atoms with Gasteiger partial charge in [0.05, 0.1) is 10.6 Å². The molecule has 2 saturated heterocycles. The van der Waals surface area contributed by atoms with Gasteiger partial charge in [0.1, 0.15) is 0 Å². The summed E-state index contributed by atoms with van der Waals surface area (Å²) in [6, 6.07) is 20.0. The molecular formula is C30H35ClN10O2. The van der Waals surface area contributed by atoms with Gasteiger partial charge in [0, 0.05) is 80.7 Å². The zero-order chi connectivity index (χ0) is 30.7. The smallest absolute Gasteiger partial charge is 0.262 e. The number of benzene rings is 3. The van der Waals surface area contributed by atoms with E-state index in [-0.39, 0.29) is 28.4 Å². The number of carbonyl (C=O) groups excluding carboxylic acids is 2. The van der Waals surface area contributed by atoms with Crippen molar-refractivity contribution in [2.24, 2.45) is 17.2 Å². The summed E-state index contributed by atoms with van der Waals surface area (Å²) in [6.07, 6.45) is 0. The van der Waals surface area contributed by atoms with Gasteiger partial charge in [-0.05, 0) is 66.7 Å². The van der Waals surface area contributed by atoms with Crippen LogP contribution in [0.15, 0.2) is 66.7 Å². The first-order valence-corrected chi connectivity index (χ1v) is 14.3. The van der Waals surface area contributed by atoms with Crippen molar-refractivity contribution in [3.8, 4) is 0 Å². The quantitative estimate of drug-likeness (QED) is 0.211. The van der Waals surface area contributed by atoms with Crippen LogP contribution in [0.4, 0.5) is 22.7 Å². The first-order valence-electron chi connectivity index (χ1n) is 13.9. The molecule has 5 rings (SSSR count). The van der Waals surface area contributed by atoms with Gasteiger partial charge in [0.2, 0.25) is 5.91 Å². The molecule has 43 heavy (non-hydrogen) atoms. The van der Waals surface area contributed by atoms with Crippen LogP contribution < -0.4 is 31.9 Å². The number of halogens is 1. The molecule has 13 heteroatoms. The molecule has 2 aliphatic rings. The third kappa shape index (κ3) is 6.44. The van der Waals surface area contributed by atoms with Crippen molar-refractivity contribution < 1.29 is 9.59 Å². The van der Waals surface area contributed by atoms with Crippen LogP contribution in [-0.4, -0.2) is 85.9 Å². The Labute approximate surface area is 255 Å². The minimum Gasteiger partial charge on any atom is -0.370 e. The number of rotatable bonds is 6. The summed E-state index contributed by atoms with van der Waals surface area (Å²) < 4.78 is 0. The van der Waals surface area contributed by atoms with Crippen molar-refractivity contribution in [2.45, 2.75) is 0 Å². The lowest BCUT2D eigenvalue weighted by Gasteiger charge is -2.36. The molecular weight excluding hydrogens is 568 g/mol. The van der Waals surface area contributed by atoms with Crippen molar-refractivity contribution in [3.05, 3.63) is 82.9 Å². The fraction of sp³-hybridized carbons (Fsp3) is 0.267. The largest absolute Gasteiger partial charge is 0.370 e. The van der Waals surface area contributed by atoms with Crippen LogP contribution in [0.1, 0.15) is 20.7 Å². The van der Waals surface area contributed by atoms with E-state index in [0.717, 1.165) is 37.6 Å². The van der Waals surface area contributed by atoms with Crippen LogP contribution >= 0.6 is 11.6 Å². The molecule has 224 valence electrons. The Hall–Kier alpha value is -4.97. The molecule has 0 bridgehead atoms. The third-order valence-corrected chi connectivity index (χ3v) is 8.18. The summed E-state index contributed by atoms with van der Waals surface area (Å²) in [5.41, 5.74) is 20.5. The number of amides is 2. The SMILES string of the molecule is N=C(N)N1CCN(c2ccc(N(C(=O)c3ccc(C(N)=O)c(Cl)c3)c3ccc(N4CCN(C(=N)N)CC4)cc3)cc2)CC1. The van der Waals surface area contributed by atoms with Gasteiger partial charge in [-0.3, -0.25) is 25.3 Å². The van der Waals surface area contributed by atoms with Gasteiger partial charge in [0.15, 0.2) is 11.9 Å². The third-order valence-electron chi connectivity index (χ3n) is 7.87. The Balaban J connectivity index is 1.42. The molecule has 12 nitrogen and oxygen atoms in total. The Morgan fingerprint density at radius 1 is 0.651 bits per heavy atom. The summed E-state index contributed by atoms with van der Waals surface area (Å²) in [7, 11) is 0. The number of carbonyl (C=O) groups is 2. The van der Waals surface area contributed by atoms with Crippen molar-refractivity contribution in [2.75, 3.05) is 67.1 Å². The number of hydrogen-bond acceptors (Lipinski definition) is 6. The van der Waals surface area contributed by atoms with Gasteiger partial charge in [-0.1, -0.05) is 11.6 Å². The van der Waals surface area contributed by atoms with Crippen LogP contribution in [0.5, 0.6) is 0 Å². The Bertz CT molecular complexity index is 1440. The van der Waals surface area contributed by atoms with Gasteiger partial charge in [-0.25, -0.2) is 0 Å². The maximum Gasteiger partial charge on any atom is 0.262 e. The van der Waals surface area contributed by atoms with Gasteiger partial charge in [-0.15, -0.1) is 0 Å². The van der Waals surface area contributed by atoms with E-state index in [2.05, 4.69) is 9.80 Å². The highest BCUT2D eigenvalue weighted by Crippen LogP contribution is 2.32. The normalized spacial score (nSPS) is 15.3. The molecule has 3 aromatic carbocycles. The predicted molar refractivity (Wildman–Crippen MR) is 171 cm³/mol. The summed E-state index contributed by atoms with van der Waals surface area (Å²) in [5.74, 6) is -0.821. The van der Waals surface area contributed by atoms with Gasteiger partial charge >= 0.3 is 0 Å². The highest BCUT2D eigenvalue weighted by molar-refractivity contribution is 6.34. The number of piperazine rings is 2. The summed E-state index contributed by atoms with van der Waals surface area (Å²) in [4.78, 5) is 35.4. The highest BCUT2D eigenvalue weighted by atomic mass is 35.5. The van der Waals surface area contributed by atoms with E-state index in [1.807, 2.05) is 58.3 Å². The lowest BCUT2D eigenvalue weighted by Crippen LogP contribution is -2.50. The van der Waals surface area contributed by atoms with Gasteiger partial charge in [0.25, 0.3) is 5.91 Å². The first kappa shape index (κ1) is 29.5. The zero-order valence-electron chi connectivity index (χ0n) is 23.7. The fourth-order valence-electron chi connectivity index (χ4n) is 5.40. The second-order valence-electron chi connectivity index (χ2n) is 10.5. The molecule has 2 amide bonds. The second-order valence-corrected chi connectivity index (χ2v) is 10.9. The number of guanidine groups is 2. The number of hydrogen-bond donors (Lipinski definition) is 5. The van der Waals surface area contributed by atoms with E-state index < -0.39 is 5.91 Å². The number of nitrogens with one attached hydrogen (secondary N) is 2. The molecule has 2 heterocycles. The maximum atomic E-state index is 14.0. The van der Waals surface area contributed by atoms with Gasteiger partial charge < -0.3 is 36.8 Å². The number of nitrogens with two attached hydrogens (primary N) is 3. The topological polar surface area (TPSA) is 176 Å². The zero-order valence-corrected chi connectivity index (χ0v) is 24.4. The van der Waals surface area contributed by atoms with Crippen LogP contribution in [0.2, 0.25) is 5.02 Å². The monoisotopic (exact) mass is 602 g/mol. The summed E-state index contributed by atoms with van der Waals surface area (Å²) in [5, 5.41) is 15.4. The average molecular weight is 603 g/mol. The molecule has 0 spiro atoms. The minimum absolute atomic E-state index is 0.0810. The van der Waals surface area contributed by atoms with E-state index >= 15 is 0 Å². The van der Waals surface area contributed by atoms with Crippen LogP contribution in [-0.2, 0) is 0 Å². The molecule has 0 radical (unpaired) electrons. The van der Waals surface area contributed by atoms with Crippen LogP contribution in [0, 0.1) is 10.8 Å². The van der Waals surface area contributed by atoms with E-state index in [0.29, 0.717) is 43.1 Å². The Morgan fingerprint density at radius 2 is 1.07 bits per heavy atom. The first-order chi connectivity index (χ1) is 20.6. The predicted octanol–water partition coefficient (Wildman–Crippen LogP) is 2.45. The number of nitrogens with zero attached hydrogens (tertiary/aromatic N) is 5. The van der Waals surface area contributed by atoms with Crippen molar-refractivity contribution in [1.82, 2.24) is 9.80 Å². The molecule has 2 aliphatic heterocycles. The van der Waals surface area contributed by atoms with Crippen LogP contribution in [0.3, 0.4) is 0 Å². The molecule has 0 aromatic heterocycles. The molecule has 0 atom stereocenters. The standard InChI is InChI=1S/C30H35ClN10O2/c31-26-19-20(1-10-25(26)27(32)42)28(43)41(23-6-2-21(3-7-23)37-11-15-39(16-12-37)29(33)34)24-8-4-22(5-9-24)38-13-17-40(18-14-38)30(35)36/h1-10,19H,11-18H2,(H2,32,42)(H3,33,34)(H3,35,36). The van der Waals surface area contributed by atoms with E-state index in [1.54, 1.807) is 11.0 Å². The van der Waals surface area contributed by atoms with E-state index in [4.69, 9.17) is 39.6 Å². The lowest BCUT2D eigenvalue weighted by molar-refractivity contribution is 0.0988. The molecule has 8 N–H and O–H groups in total. The maximum absolute atomic E-state index is 14.0. The van der Waals surface area contributed by atoms with Gasteiger partial charge in [-0.2, -0.15) is 0 Å². The molecule has 0 saturated carbocycles.